The van der Waals surface area contributed by atoms with Gasteiger partial charge in [0.05, 0.1) is 12.0 Å². The number of nitrogens with zero attached hydrogens (tertiary/aromatic N) is 1. The molecule has 1 aliphatic rings. The number of hydrogen-bond donors (Lipinski definition) is 1. The van der Waals surface area contributed by atoms with Crippen molar-refractivity contribution in [1.82, 2.24) is 10.2 Å². The molecule has 0 spiro atoms. The first-order chi connectivity index (χ1) is 13.0. The lowest BCUT2D eigenvalue weighted by Crippen LogP contribution is -2.43. The van der Waals surface area contributed by atoms with Crippen LogP contribution in [0.15, 0.2) is 48.5 Å². The Labute approximate surface area is 161 Å². The van der Waals surface area contributed by atoms with Crippen LogP contribution < -0.4 is 5.32 Å². The molecule has 0 aromatic heterocycles. The third-order valence-corrected chi connectivity index (χ3v) is 5.40. The lowest BCUT2D eigenvalue weighted by molar-refractivity contribution is -0.127. The highest BCUT2D eigenvalue weighted by Crippen LogP contribution is 2.22. The molecule has 0 radical (unpaired) electrons. The van der Waals surface area contributed by atoms with Gasteiger partial charge in [-0.3, -0.25) is 9.69 Å². The number of likely N-dealkylation sites (tertiary alicyclic amines) is 1. The molecule has 0 unspecified atom stereocenters. The quantitative estimate of drug-likeness (QED) is 0.807. The van der Waals surface area contributed by atoms with Gasteiger partial charge in [0.1, 0.15) is 5.82 Å². The van der Waals surface area contributed by atoms with E-state index in [2.05, 4.69) is 48.3 Å². The molecule has 1 saturated heterocycles. The molecule has 2 aromatic carbocycles. The largest absolute Gasteiger partial charge is 0.349 e. The third kappa shape index (κ3) is 5.39. The van der Waals surface area contributed by atoms with Crippen LogP contribution in [0.3, 0.4) is 0 Å². The second-order valence-corrected chi connectivity index (χ2v) is 7.58. The van der Waals surface area contributed by atoms with Crippen molar-refractivity contribution in [2.24, 2.45) is 5.92 Å². The van der Waals surface area contributed by atoms with Crippen molar-refractivity contribution in [3.8, 4) is 0 Å². The van der Waals surface area contributed by atoms with E-state index >= 15 is 0 Å². The number of carbonyl (C=O) groups excluding carboxylic acids is 1. The van der Waals surface area contributed by atoms with E-state index in [1.165, 1.54) is 17.7 Å². The molecule has 1 amide bonds. The van der Waals surface area contributed by atoms with E-state index in [1.807, 2.05) is 12.1 Å². The van der Waals surface area contributed by atoms with Crippen LogP contribution in [-0.4, -0.2) is 23.9 Å². The smallest absolute Gasteiger partial charge is 0.224 e. The van der Waals surface area contributed by atoms with Gasteiger partial charge in [0.15, 0.2) is 0 Å². The average Bonchev–Trinajstić information content (AvgIpc) is 2.69. The van der Waals surface area contributed by atoms with Crippen LogP contribution in [0.5, 0.6) is 0 Å². The fourth-order valence-corrected chi connectivity index (χ4v) is 3.77. The Balaban J connectivity index is 1.58. The van der Waals surface area contributed by atoms with Crippen molar-refractivity contribution >= 4 is 5.91 Å². The van der Waals surface area contributed by atoms with Crippen molar-refractivity contribution in [2.45, 2.75) is 45.7 Å². The van der Waals surface area contributed by atoms with E-state index in [1.54, 1.807) is 0 Å². The average molecular weight is 368 g/mol. The molecule has 144 valence electrons. The van der Waals surface area contributed by atoms with Crippen LogP contribution in [0, 0.1) is 18.7 Å². The molecular weight excluding hydrogens is 339 g/mol. The molecule has 3 nitrogen and oxygen atoms in total. The Morgan fingerprint density at radius 2 is 1.89 bits per heavy atom. The minimum absolute atomic E-state index is 0.0127. The lowest BCUT2D eigenvalue weighted by Gasteiger charge is -2.33. The Kier molecular flexibility index (Phi) is 6.62. The highest BCUT2D eigenvalue weighted by atomic mass is 19.1. The van der Waals surface area contributed by atoms with Gasteiger partial charge >= 0.3 is 0 Å². The predicted molar refractivity (Wildman–Crippen MR) is 107 cm³/mol. The highest BCUT2D eigenvalue weighted by Gasteiger charge is 2.27. The lowest BCUT2D eigenvalue weighted by atomic mass is 9.95. The number of carbonyl (C=O) groups is 1. The summed E-state index contributed by atoms with van der Waals surface area (Å²) in [6, 6.07) is 15.1. The van der Waals surface area contributed by atoms with Crippen molar-refractivity contribution in [3.63, 3.8) is 0 Å². The number of halogens is 1. The summed E-state index contributed by atoms with van der Waals surface area (Å²) in [5.41, 5.74) is 3.47. The Morgan fingerprint density at radius 1 is 1.19 bits per heavy atom. The SMILES string of the molecule is CC[C@H](NC(=O)[C@@H]1CCCN(Cc2ccc(F)cc2)C1)c1ccc(C)cc1. The van der Waals surface area contributed by atoms with E-state index in [4.69, 9.17) is 0 Å². The van der Waals surface area contributed by atoms with Gasteiger partial charge in [-0.1, -0.05) is 48.9 Å². The zero-order chi connectivity index (χ0) is 19.2. The van der Waals surface area contributed by atoms with Gasteiger partial charge in [-0.25, -0.2) is 4.39 Å². The first-order valence-corrected chi connectivity index (χ1v) is 9.89. The number of piperidine rings is 1. The fourth-order valence-electron chi connectivity index (χ4n) is 3.77. The summed E-state index contributed by atoms with van der Waals surface area (Å²) in [6.45, 7) is 6.68. The van der Waals surface area contributed by atoms with Crippen molar-refractivity contribution < 1.29 is 9.18 Å². The van der Waals surface area contributed by atoms with Gasteiger partial charge in [-0.2, -0.15) is 0 Å². The van der Waals surface area contributed by atoms with E-state index in [0.29, 0.717) is 0 Å². The monoisotopic (exact) mass is 368 g/mol. The van der Waals surface area contributed by atoms with Crippen LogP contribution in [0.25, 0.3) is 0 Å². The highest BCUT2D eigenvalue weighted by molar-refractivity contribution is 5.79. The molecule has 0 bridgehead atoms. The molecule has 3 rings (SSSR count). The molecule has 2 aromatic rings. The molecular formula is C23H29FN2O. The van der Waals surface area contributed by atoms with E-state index in [0.717, 1.165) is 50.0 Å². The summed E-state index contributed by atoms with van der Waals surface area (Å²) in [6.07, 6.45) is 2.82. The molecule has 0 saturated carbocycles. The number of rotatable bonds is 6. The second kappa shape index (κ2) is 9.14. The summed E-state index contributed by atoms with van der Waals surface area (Å²) >= 11 is 0. The Hall–Kier alpha value is -2.20. The molecule has 4 heteroatoms. The summed E-state index contributed by atoms with van der Waals surface area (Å²) < 4.78 is 13.1. The maximum absolute atomic E-state index is 13.1. The topological polar surface area (TPSA) is 32.3 Å². The zero-order valence-corrected chi connectivity index (χ0v) is 16.2. The molecule has 1 fully saturated rings. The van der Waals surface area contributed by atoms with Crippen molar-refractivity contribution in [1.29, 1.82) is 0 Å². The fraction of sp³-hybridized carbons (Fsp3) is 0.435. The van der Waals surface area contributed by atoms with Gasteiger partial charge in [0.25, 0.3) is 0 Å². The number of nitrogens with one attached hydrogen (secondary N) is 1. The maximum Gasteiger partial charge on any atom is 0.224 e. The first kappa shape index (κ1) is 19.6. The molecule has 27 heavy (non-hydrogen) atoms. The number of benzene rings is 2. The molecule has 2 atom stereocenters. The van der Waals surface area contributed by atoms with E-state index in [9.17, 15) is 9.18 Å². The normalized spacial score (nSPS) is 18.9. The number of amides is 1. The van der Waals surface area contributed by atoms with Crippen molar-refractivity contribution in [3.05, 3.63) is 71.0 Å². The van der Waals surface area contributed by atoms with Gasteiger partial charge in [0.2, 0.25) is 5.91 Å². The Morgan fingerprint density at radius 3 is 2.56 bits per heavy atom. The second-order valence-electron chi connectivity index (χ2n) is 7.58. The number of hydrogen-bond acceptors (Lipinski definition) is 2. The van der Waals surface area contributed by atoms with Crippen LogP contribution in [-0.2, 0) is 11.3 Å². The summed E-state index contributed by atoms with van der Waals surface area (Å²) in [5, 5.41) is 3.25. The molecule has 0 aliphatic carbocycles. The first-order valence-electron chi connectivity index (χ1n) is 9.89. The minimum Gasteiger partial charge on any atom is -0.349 e. The summed E-state index contributed by atoms with van der Waals surface area (Å²) in [7, 11) is 0. The van der Waals surface area contributed by atoms with Crippen LogP contribution in [0.1, 0.15) is 48.9 Å². The molecule has 1 N–H and O–H groups in total. The van der Waals surface area contributed by atoms with Crippen LogP contribution in [0.2, 0.25) is 0 Å². The van der Waals surface area contributed by atoms with E-state index < -0.39 is 0 Å². The standard InChI is InChI=1S/C23H29FN2O/c1-3-22(19-10-6-17(2)7-11-19)25-23(27)20-5-4-14-26(16-20)15-18-8-12-21(24)13-9-18/h6-13,20,22H,3-5,14-16H2,1-2H3,(H,25,27)/t20-,22+/m1/s1. The van der Waals surface area contributed by atoms with Gasteiger partial charge in [-0.05, 0) is 56.0 Å². The molecule has 1 aliphatic heterocycles. The summed E-state index contributed by atoms with van der Waals surface area (Å²) in [5.74, 6) is -0.0544. The van der Waals surface area contributed by atoms with Crippen LogP contribution >= 0.6 is 0 Å². The van der Waals surface area contributed by atoms with E-state index in [-0.39, 0.29) is 23.7 Å². The number of aryl methyl sites for hydroxylation is 1. The predicted octanol–water partition coefficient (Wildman–Crippen LogP) is 4.61. The van der Waals surface area contributed by atoms with Gasteiger partial charge in [-0.15, -0.1) is 0 Å². The minimum atomic E-state index is -0.212. The van der Waals surface area contributed by atoms with Gasteiger partial charge in [0, 0.05) is 13.1 Å². The van der Waals surface area contributed by atoms with Gasteiger partial charge < -0.3 is 5.32 Å². The third-order valence-electron chi connectivity index (χ3n) is 5.40. The maximum atomic E-state index is 13.1. The Bertz CT molecular complexity index is 742. The van der Waals surface area contributed by atoms with Crippen LogP contribution in [0.4, 0.5) is 4.39 Å². The molecule has 1 heterocycles. The zero-order valence-electron chi connectivity index (χ0n) is 16.2. The summed E-state index contributed by atoms with van der Waals surface area (Å²) in [4.78, 5) is 15.2. The van der Waals surface area contributed by atoms with Crippen molar-refractivity contribution in [2.75, 3.05) is 13.1 Å².